The number of halogens is 2. The molecule has 44 heavy (non-hydrogen) atoms. The number of hydrogen-bond acceptors (Lipinski definition) is 8. The Bertz CT molecular complexity index is 1500. The molecule has 9 atom stereocenters. The second-order valence-corrected chi connectivity index (χ2v) is 16.9. The first-order valence-corrected chi connectivity index (χ1v) is 19.3. The normalized spacial score (nSPS) is 35.8. The van der Waals surface area contributed by atoms with E-state index in [4.69, 9.17) is 16.6 Å². The van der Waals surface area contributed by atoms with Gasteiger partial charge in [-0.2, -0.15) is 11.8 Å². The van der Waals surface area contributed by atoms with Crippen LogP contribution in [0.2, 0.25) is 0 Å². The van der Waals surface area contributed by atoms with E-state index in [9.17, 15) is 22.4 Å². The van der Waals surface area contributed by atoms with Crippen molar-refractivity contribution in [3.63, 3.8) is 0 Å². The van der Waals surface area contributed by atoms with E-state index in [0.717, 1.165) is 69.1 Å². The lowest BCUT2D eigenvalue weighted by molar-refractivity contribution is -0.123. The summed E-state index contributed by atoms with van der Waals surface area (Å²) in [4.78, 5) is 33.4. The quantitative estimate of drug-likeness (QED) is 0.364. The molecular formula is C31H43ClFN5O4S2. The van der Waals surface area contributed by atoms with Gasteiger partial charge in [0.2, 0.25) is 15.9 Å². The zero-order chi connectivity index (χ0) is 31.2. The van der Waals surface area contributed by atoms with E-state index in [1.165, 1.54) is 0 Å². The van der Waals surface area contributed by atoms with Gasteiger partial charge in [0, 0.05) is 53.0 Å². The molecule has 5 aliphatic rings. The average Bonchev–Trinajstić information content (AvgIpc) is 3.61. The first kappa shape index (κ1) is 32.3. The number of carbonyl (C=O) groups is 1. The number of aryl methyl sites for hydroxylation is 2. The van der Waals surface area contributed by atoms with Crippen LogP contribution in [0.15, 0.2) is 4.79 Å². The number of amides is 1. The van der Waals surface area contributed by atoms with Gasteiger partial charge in [-0.1, -0.05) is 11.8 Å². The fourth-order valence-corrected chi connectivity index (χ4v) is 11.0. The summed E-state index contributed by atoms with van der Waals surface area (Å²) in [5, 5.41) is 3.76. The van der Waals surface area contributed by atoms with Crippen LogP contribution in [-0.2, 0) is 34.2 Å². The number of carbonyl (C=O) groups excluding carboxylic acids is 1. The van der Waals surface area contributed by atoms with Gasteiger partial charge in [-0.05, 0) is 76.7 Å². The molecule has 6 rings (SSSR count). The van der Waals surface area contributed by atoms with Crippen LogP contribution < -0.4 is 15.6 Å². The smallest absolute Gasteiger partial charge is 0.257 e. The summed E-state index contributed by atoms with van der Waals surface area (Å²) in [7, 11) is -3.62. The minimum absolute atomic E-state index is 0.0227. The molecule has 4 fully saturated rings. The van der Waals surface area contributed by atoms with E-state index in [2.05, 4.69) is 26.8 Å². The van der Waals surface area contributed by atoms with Crippen LogP contribution in [-0.4, -0.2) is 89.3 Å². The Hall–Kier alpha value is -1.65. The molecule has 2 N–H and O–H groups in total. The summed E-state index contributed by atoms with van der Waals surface area (Å²) in [6.45, 7) is 4.11. The minimum atomic E-state index is -3.62. The molecule has 7 unspecified atom stereocenters. The Kier molecular flexibility index (Phi) is 9.71. The zero-order valence-electron chi connectivity index (χ0n) is 25.4. The van der Waals surface area contributed by atoms with Gasteiger partial charge < -0.3 is 5.32 Å². The molecule has 242 valence electrons. The van der Waals surface area contributed by atoms with Crippen molar-refractivity contribution >= 4 is 39.3 Å². The van der Waals surface area contributed by atoms with Gasteiger partial charge in [-0.3, -0.25) is 23.8 Å². The van der Waals surface area contributed by atoms with Crippen LogP contribution in [0, 0.1) is 42.4 Å². The summed E-state index contributed by atoms with van der Waals surface area (Å²) >= 11 is 8.47. The predicted molar refractivity (Wildman–Crippen MR) is 171 cm³/mol. The van der Waals surface area contributed by atoms with Gasteiger partial charge in [0.1, 0.15) is 12.0 Å². The Morgan fingerprint density at radius 1 is 1.23 bits per heavy atom. The molecule has 3 aliphatic heterocycles. The third kappa shape index (κ3) is 6.87. The van der Waals surface area contributed by atoms with Crippen LogP contribution in [0.3, 0.4) is 0 Å². The summed E-state index contributed by atoms with van der Waals surface area (Å²) in [5.41, 5.74) is 1.61. The second kappa shape index (κ2) is 13.2. The number of thioether (sulfide) groups is 1. The fraction of sp³-hybridized carbons (Fsp3) is 0.774. The number of alkyl halides is 2. The Balaban J connectivity index is 1.17. The van der Waals surface area contributed by atoms with Crippen molar-refractivity contribution in [1.82, 2.24) is 24.5 Å². The minimum Gasteiger partial charge on any atom is -0.312 e. The largest absolute Gasteiger partial charge is 0.312 e. The van der Waals surface area contributed by atoms with Crippen molar-refractivity contribution in [2.24, 2.45) is 23.7 Å². The van der Waals surface area contributed by atoms with E-state index >= 15 is 0 Å². The lowest BCUT2D eigenvalue weighted by atomic mass is 9.67. The van der Waals surface area contributed by atoms with Gasteiger partial charge in [0.05, 0.1) is 24.4 Å². The SMILES string of the molecule is Cc1nc2c(c(=O)n1CC#CC1CCC(Cl)CC1C1CCNC3C(C(=O)NS(C)(=O)=O)CSC13)C[C@@H](N1CC[C@@H](F)C1)CC2. The number of nitrogens with one attached hydrogen (secondary N) is 2. The molecule has 1 saturated carbocycles. The lowest BCUT2D eigenvalue weighted by Crippen LogP contribution is -2.55. The molecule has 0 spiro atoms. The summed E-state index contributed by atoms with van der Waals surface area (Å²) in [6.07, 6.45) is 6.65. The summed E-state index contributed by atoms with van der Waals surface area (Å²) in [6, 6.07) is 0.0959. The van der Waals surface area contributed by atoms with Crippen molar-refractivity contribution in [3.8, 4) is 11.8 Å². The Morgan fingerprint density at radius 2 is 2.05 bits per heavy atom. The van der Waals surface area contributed by atoms with E-state index in [-0.39, 0.29) is 46.7 Å². The molecule has 3 saturated heterocycles. The average molecular weight is 668 g/mol. The fourth-order valence-electron chi connectivity index (χ4n) is 8.28. The topological polar surface area (TPSA) is 113 Å². The van der Waals surface area contributed by atoms with E-state index in [1.807, 2.05) is 6.92 Å². The molecule has 9 nitrogen and oxygen atoms in total. The maximum absolute atomic E-state index is 13.9. The third-order valence-electron chi connectivity index (χ3n) is 10.4. The number of aromatic nitrogens is 2. The van der Waals surface area contributed by atoms with Crippen LogP contribution in [0.5, 0.6) is 0 Å². The highest BCUT2D eigenvalue weighted by Gasteiger charge is 2.50. The molecule has 1 aromatic heterocycles. The predicted octanol–water partition coefficient (Wildman–Crippen LogP) is 2.27. The maximum atomic E-state index is 13.9. The number of sulfonamides is 1. The number of fused-ring (bicyclic) bond motifs is 2. The molecule has 0 aromatic carbocycles. The molecular weight excluding hydrogens is 625 g/mol. The van der Waals surface area contributed by atoms with Gasteiger partial charge in [0.25, 0.3) is 5.56 Å². The number of likely N-dealkylation sites (tertiary alicyclic amines) is 1. The van der Waals surface area contributed by atoms with Crippen LogP contribution in [0.4, 0.5) is 4.39 Å². The monoisotopic (exact) mass is 667 g/mol. The molecule has 1 amide bonds. The summed E-state index contributed by atoms with van der Waals surface area (Å²) in [5.74, 6) is 8.00. The molecule has 1 aromatic rings. The Labute approximate surface area is 268 Å². The van der Waals surface area contributed by atoms with Gasteiger partial charge in [-0.15, -0.1) is 11.6 Å². The third-order valence-corrected chi connectivity index (χ3v) is 13.0. The zero-order valence-corrected chi connectivity index (χ0v) is 27.8. The highest BCUT2D eigenvalue weighted by atomic mass is 35.5. The van der Waals surface area contributed by atoms with E-state index in [1.54, 1.807) is 16.3 Å². The highest BCUT2D eigenvalue weighted by molar-refractivity contribution is 8.00. The van der Waals surface area contributed by atoms with Crippen LogP contribution in [0.1, 0.15) is 55.6 Å². The maximum Gasteiger partial charge on any atom is 0.257 e. The second-order valence-electron chi connectivity index (χ2n) is 13.3. The number of piperidine rings is 1. The van der Waals surface area contributed by atoms with E-state index < -0.39 is 28.0 Å². The molecule has 0 bridgehead atoms. The van der Waals surface area contributed by atoms with Crippen LogP contribution >= 0.6 is 23.4 Å². The number of hydrogen-bond donors (Lipinski definition) is 2. The van der Waals surface area contributed by atoms with Crippen molar-refractivity contribution in [1.29, 1.82) is 0 Å². The van der Waals surface area contributed by atoms with Gasteiger partial charge >= 0.3 is 0 Å². The number of nitrogens with zero attached hydrogens (tertiary/aromatic N) is 3. The van der Waals surface area contributed by atoms with Crippen molar-refractivity contribution in [2.75, 3.05) is 31.6 Å². The standard InChI is InChI=1S/C31H43ClFN5O4S2/c1-18-35-27-8-7-22(37-13-10-21(33)16-37)15-25(27)31(40)38(18)12-3-4-19-5-6-20(32)14-24(19)23-9-11-34-28-26(17-43-29(23)28)30(39)36-44(2,41)42/h19-24,26,28-29,34H,5-17H2,1-2H3,(H,36,39)/t19?,20?,21-,22+,23?,24?,26?,28?,29?/m1/s1. The molecule has 13 heteroatoms. The Morgan fingerprint density at radius 3 is 2.80 bits per heavy atom. The molecule has 2 aliphatic carbocycles. The van der Waals surface area contributed by atoms with Crippen LogP contribution in [0.25, 0.3) is 0 Å². The van der Waals surface area contributed by atoms with E-state index in [0.29, 0.717) is 36.9 Å². The molecule has 4 heterocycles. The van der Waals surface area contributed by atoms with Gasteiger partial charge in [0.15, 0.2) is 0 Å². The van der Waals surface area contributed by atoms with Crippen molar-refractivity contribution in [3.05, 3.63) is 27.4 Å². The number of rotatable bonds is 5. The van der Waals surface area contributed by atoms with Crippen molar-refractivity contribution in [2.45, 2.75) is 93.7 Å². The van der Waals surface area contributed by atoms with Crippen molar-refractivity contribution < 1.29 is 17.6 Å². The summed E-state index contributed by atoms with van der Waals surface area (Å²) < 4.78 is 41.2. The molecule has 0 radical (unpaired) electrons. The first-order chi connectivity index (χ1) is 21.0. The van der Waals surface area contributed by atoms with Gasteiger partial charge in [-0.25, -0.2) is 17.8 Å². The lowest BCUT2D eigenvalue weighted by Gasteiger charge is -2.44. The first-order valence-electron chi connectivity index (χ1n) is 15.9. The highest BCUT2D eigenvalue weighted by Crippen LogP contribution is 2.48.